The number of hydrogen-bond acceptors (Lipinski definition) is 3. The van der Waals surface area contributed by atoms with Crippen LogP contribution in [0.5, 0.6) is 0 Å². The largest absolute Gasteiger partial charge is 0.370 e. The number of nitrogens with zero attached hydrogens (tertiary/aromatic N) is 1. The van der Waals surface area contributed by atoms with Gasteiger partial charge in [0.15, 0.2) is 0 Å². The van der Waals surface area contributed by atoms with E-state index in [-0.39, 0.29) is 24.3 Å². The van der Waals surface area contributed by atoms with Crippen LogP contribution in [0.25, 0.3) is 10.8 Å². The average Bonchev–Trinajstić information content (AvgIpc) is 2.79. The zero-order chi connectivity index (χ0) is 20.9. The van der Waals surface area contributed by atoms with Gasteiger partial charge in [0.25, 0.3) is 5.91 Å². The highest BCUT2D eigenvalue weighted by Gasteiger charge is 2.25. The van der Waals surface area contributed by atoms with Crippen LogP contribution in [-0.4, -0.2) is 43.0 Å². The lowest BCUT2D eigenvalue weighted by Crippen LogP contribution is -2.43. The van der Waals surface area contributed by atoms with Crippen LogP contribution in [0.4, 0.5) is 0 Å². The lowest BCUT2D eigenvalue weighted by molar-refractivity contribution is -0.138. The maximum atomic E-state index is 12.6. The zero-order valence-corrected chi connectivity index (χ0v) is 18.1. The van der Waals surface area contributed by atoms with Crippen molar-refractivity contribution in [1.29, 1.82) is 0 Å². The van der Waals surface area contributed by atoms with E-state index >= 15 is 0 Å². The highest BCUT2D eigenvalue weighted by molar-refractivity contribution is 9.10. The van der Waals surface area contributed by atoms with Gasteiger partial charge in [-0.3, -0.25) is 9.59 Å². The van der Waals surface area contributed by atoms with Crippen LogP contribution in [0.3, 0.4) is 0 Å². The molecule has 1 atom stereocenters. The first-order chi connectivity index (χ1) is 14.6. The fraction of sp³-hybridized carbons (Fsp3) is 0.250. The van der Waals surface area contributed by atoms with E-state index in [4.69, 9.17) is 4.74 Å². The van der Waals surface area contributed by atoms with Gasteiger partial charge in [0.1, 0.15) is 6.10 Å². The van der Waals surface area contributed by atoms with E-state index in [9.17, 15) is 9.59 Å². The Labute approximate surface area is 184 Å². The van der Waals surface area contributed by atoms with Crippen LogP contribution in [0.1, 0.15) is 28.4 Å². The third kappa shape index (κ3) is 4.89. The molecule has 2 amide bonds. The molecular formula is C24H23BrN2O3. The number of nitrogens with one attached hydrogen (secondary N) is 1. The summed E-state index contributed by atoms with van der Waals surface area (Å²) in [7, 11) is 0. The molecular weight excluding hydrogens is 444 g/mol. The van der Waals surface area contributed by atoms with Crippen LogP contribution >= 0.6 is 15.9 Å². The number of fused-ring (bicyclic) bond motifs is 1. The number of morpholine rings is 1. The van der Waals surface area contributed by atoms with Crippen LogP contribution in [0.2, 0.25) is 0 Å². The molecule has 1 aliphatic rings. The summed E-state index contributed by atoms with van der Waals surface area (Å²) in [6.45, 7) is 1.92. The number of amides is 2. The lowest BCUT2D eigenvalue weighted by atomic mass is 10.1. The number of carbonyl (C=O) groups excluding carboxylic acids is 2. The number of hydrogen-bond donors (Lipinski definition) is 1. The summed E-state index contributed by atoms with van der Waals surface area (Å²) in [5, 5.41) is 4.98. The van der Waals surface area contributed by atoms with E-state index in [0.717, 1.165) is 20.8 Å². The monoisotopic (exact) mass is 466 g/mol. The minimum atomic E-state index is -0.164. The smallest absolute Gasteiger partial charge is 0.251 e. The van der Waals surface area contributed by atoms with Crippen molar-refractivity contribution in [3.63, 3.8) is 0 Å². The van der Waals surface area contributed by atoms with Crippen molar-refractivity contribution < 1.29 is 14.3 Å². The highest BCUT2D eigenvalue weighted by Crippen LogP contribution is 2.24. The lowest BCUT2D eigenvalue weighted by Gasteiger charge is -2.33. The van der Waals surface area contributed by atoms with Gasteiger partial charge in [-0.05, 0) is 40.6 Å². The fourth-order valence-corrected chi connectivity index (χ4v) is 3.89. The molecule has 1 heterocycles. The van der Waals surface area contributed by atoms with E-state index in [1.54, 1.807) is 0 Å². The molecule has 0 spiro atoms. The molecule has 0 saturated carbocycles. The first kappa shape index (κ1) is 20.6. The third-order valence-electron chi connectivity index (χ3n) is 5.30. The molecule has 1 unspecified atom stereocenters. The van der Waals surface area contributed by atoms with Gasteiger partial charge >= 0.3 is 0 Å². The average molecular weight is 467 g/mol. The van der Waals surface area contributed by atoms with E-state index < -0.39 is 0 Å². The molecule has 1 saturated heterocycles. The number of halogens is 1. The Balaban J connectivity index is 1.29. The van der Waals surface area contributed by atoms with Crippen LogP contribution in [-0.2, 0) is 9.53 Å². The molecule has 0 aliphatic carbocycles. The predicted octanol–water partition coefficient (Wildman–Crippen LogP) is 4.32. The fourth-order valence-electron chi connectivity index (χ4n) is 3.63. The second-order valence-electron chi connectivity index (χ2n) is 7.32. The highest BCUT2D eigenvalue weighted by atomic mass is 79.9. The molecule has 0 aromatic heterocycles. The predicted molar refractivity (Wildman–Crippen MR) is 120 cm³/mol. The summed E-state index contributed by atoms with van der Waals surface area (Å²) >= 11 is 3.43. The van der Waals surface area contributed by atoms with Gasteiger partial charge in [0.05, 0.1) is 13.2 Å². The quantitative estimate of drug-likeness (QED) is 0.608. The molecule has 1 fully saturated rings. The summed E-state index contributed by atoms with van der Waals surface area (Å²) in [5.41, 5.74) is 1.66. The third-order valence-corrected chi connectivity index (χ3v) is 5.83. The zero-order valence-electron chi connectivity index (χ0n) is 16.5. The molecule has 1 N–H and O–H groups in total. The van der Waals surface area contributed by atoms with E-state index in [1.165, 1.54) is 0 Å². The van der Waals surface area contributed by atoms with Crippen molar-refractivity contribution in [2.75, 3.05) is 26.2 Å². The Morgan fingerprint density at radius 1 is 1.03 bits per heavy atom. The van der Waals surface area contributed by atoms with Gasteiger partial charge in [0, 0.05) is 29.5 Å². The van der Waals surface area contributed by atoms with Gasteiger partial charge in [-0.2, -0.15) is 0 Å². The maximum absolute atomic E-state index is 12.6. The molecule has 0 radical (unpaired) electrons. The molecule has 6 heteroatoms. The summed E-state index contributed by atoms with van der Waals surface area (Å²) in [5.74, 6) is -0.137. The van der Waals surface area contributed by atoms with Crippen molar-refractivity contribution >= 4 is 38.5 Å². The van der Waals surface area contributed by atoms with E-state index in [2.05, 4.69) is 21.2 Å². The van der Waals surface area contributed by atoms with Crippen molar-refractivity contribution in [2.45, 2.75) is 12.5 Å². The number of benzene rings is 3. The Morgan fingerprint density at radius 3 is 2.60 bits per heavy atom. The summed E-state index contributed by atoms with van der Waals surface area (Å²) in [4.78, 5) is 26.9. The standard InChI is InChI=1S/C24H23BrN2O3/c25-21-9-7-18(8-10-21)22-16-27(13-14-30-22)23(28)11-12-26-24(29)20-6-5-17-3-1-2-4-19(17)15-20/h1-10,15,22H,11-14,16H2,(H,26,29). The minimum Gasteiger partial charge on any atom is -0.370 e. The van der Waals surface area contributed by atoms with Gasteiger partial charge in [-0.25, -0.2) is 0 Å². The first-order valence-electron chi connectivity index (χ1n) is 10.0. The van der Waals surface area contributed by atoms with Gasteiger partial charge < -0.3 is 15.0 Å². The Bertz CT molecular complexity index is 1050. The van der Waals surface area contributed by atoms with Gasteiger partial charge in [-0.15, -0.1) is 0 Å². The van der Waals surface area contributed by atoms with Gasteiger partial charge in [-0.1, -0.05) is 58.4 Å². The normalized spacial score (nSPS) is 16.4. The van der Waals surface area contributed by atoms with Crippen LogP contribution < -0.4 is 5.32 Å². The van der Waals surface area contributed by atoms with Gasteiger partial charge in [0.2, 0.25) is 5.91 Å². The molecule has 0 bridgehead atoms. The number of rotatable bonds is 5. The maximum Gasteiger partial charge on any atom is 0.251 e. The molecule has 3 aromatic rings. The molecule has 1 aliphatic heterocycles. The minimum absolute atomic E-state index is 0.0271. The second kappa shape index (κ2) is 9.41. The molecule has 4 rings (SSSR count). The topological polar surface area (TPSA) is 58.6 Å². The second-order valence-corrected chi connectivity index (χ2v) is 8.23. The van der Waals surface area contributed by atoms with E-state index in [1.807, 2.05) is 71.6 Å². The molecule has 5 nitrogen and oxygen atoms in total. The summed E-state index contributed by atoms with van der Waals surface area (Å²) < 4.78 is 6.85. The summed E-state index contributed by atoms with van der Waals surface area (Å²) in [6.07, 6.45) is 0.148. The van der Waals surface area contributed by atoms with Crippen molar-refractivity contribution in [3.05, 3.63) is 82.3 Å². The van der Waals surface area contributed by atoms with Crippen LogP contribution in [0.15, 0.2) is 71.2 Å². The summed E-state index contributed by atoms with van der Waals surface area (Å²) in [6, 6.07) is 21.5. The first-order valence-corrected chi connectivity index (χ1v) is 10.8. The van der Waals surface area contributed by atoms with E-state index in [0.29, 0.717) is 31.8 Å². The van der Waals surface area contributed by atoms with Crippen LogP contribution in [0, 0.1) is 0 Å². The molecule has 30 heavy (non-hydrogen) atoms. The van der Waals surface area contributed by atoms with Crippen molar-refractivity contribution in [2.24, 2.45) is 0 Å². The molecule has 154 valence electrons. The SMILES string of the molecule is O=C(NCCC(=O)N1CCOC(c2ccc(Br)cc2)C1)c1ccc2ccccc2c1. The van der Waals surface area contributed by atoms with Crippen molar-refractivity contribution in [3.8, 4) is 0 Å². The Kier molecular flexibility index (Phi) is 6.45. The Morgan fingerprint density at radius 2 is 1.80 bits per heavy atom. The number of ether oxygens (including phenoxy) is 1. The Hall–Kier alpha value is -2.70. The van der Waals surface area contributed by atoms with Crippen molar-refractivity contribution in [1.82, 2.24) is 10.2 Å². The number of carbonyl (C=O) groups is 2. The molecule has 3 aromatic carbocycles.